The number of nitrogens with zero attached hydrogens (tertiary/aromatic N) is 2. The molecule has 0 spiro atoms. The van der Waals surface area contributed by atoms with Crippen LogP contribution in [-0.4, -0.2) is 15.0 Å². The third-order valence-electron chi connectivity index (χ3n) is 2.67. The van der Waals surface area contributed by atoms with E-state index < -0.39 is 0 Å². The van der Waals surface area contributed by atoms with Crippen molar-refractivity contribution in [3.8, 4) is 11.4 Å². The third kappa shape index (κ3) is 2.02. The van der Waals surface area contributed by atoms with E-state index in [4.69, 9.17) is 11.6 Å². The van der Waals surface area contributed by atoms with Crippen molar-refractivity contribution in [2.75, 3.05) is 0 Å². The predicted octanol–water partition coefficient (Wildman–Crippen LogP) is 4.35. The van der Waals surface area contributed by atoms with Gasteiger partial charge in [-0.2, -0.15) is 0 Å². The van der Waals surface area contributed by atoms with Gasteiger partial charge in [0.15, 0.2) is 5.65 Å². The van der Waals surface area contributed by atoms with Crippen molar-refractivity contribution >= 4 is 38.7 Å². The number of hydrogen-bond donors (Lipinski definition) is 1. The molecule has 0 saturated carbocycles. The molecular formula is C13H9BrClN3. The highest BCUT2D eigenvalue weighted by atomic mass is 79.9. The minimum atomic E-state index is 0.684. The number of nitrogens with one attached hydrogen (secondary N) is 1. The Morgan fingerprint density at radius 3 is 2.89 bits per heavy atom. The number of benzene rings is 1. The van der Waals surface area contributed by atoms with E-state index in [2.05, 4.69) is 30.9 Å². The van der Waals surface area contributed by atoms with Gasteiger partial charge in [0, 0.05) is 16.2 Å². The van der Waals surface area contributed by atoms with Gasteiger partial charge in [0.2, 0.25) is 0 Å². The van der Waals surface area contributed by atoms with E-state index in [-0.39, 0.29) is 0 Å². The highest BCUT2D eigenvalue weighted by molar-refractivity contribution is 9.10. The van der Waals surface area contributed by atoms with E-state index in [1.165, 1.54) is 0 Å². The molecule has 0 saturated heterocycles. The first-order valence-corrected chi connectivity index (χ1v) is 6.58. The quantitative estimate of drug-likeness (QED) is 0.723. The zero-order chi connectivity index (χ0) is 12.7. The highest BCUT2D eigenvalue weighted by Crippen LogP contribution is 2.28. The van der Waals surface area contributed by atoms with Crippen molar-refractivity contribution in [3.05, 3.63) is 45.5 Å². The number of aromatic nitrogens is 3. The van der Waals surface area contributed by atoms with Gasteiger partial charge in [-0.25, -0.2) is 9.97 Å². The zero-order valence-corrected chi connectivity index (χ0v) is 11.9. The van der Waals surface area contributed by atoms with E-state index in [9.17, 15) is 0 Å². The Labute approximate surface area is 117 Å². The number of pyridine rings is 1. The number of rotatable bonds is 1. The molecule has 0 aliphatic carbocycles. The first-order chi connectivity index (χ1) is 8.63. The lowest BCUT2D eigenvalue weighted by Crippen LogP contribution is -1.80. The molecular weight excluding hydrogens is 314 g/mol. The molecule has 3 rings (SSSR count). The minimum absolute atomic E-state index is 0.684. The lowest BCUT2D eigenvalue weighted by molar-refractivity contribution is 1.28. The summed E-state index contributed by atoms with van der Waals surface area (Å²) in [6.45, 7) is 2.01. The van der Waals surface area contributed by atoms with Crippen LogP contribution in [0.4, 0.5) is 0 Å². The first kappa shape index (κ1) is 11.7. The summed E-state index contributed by atoms with van der Waals surface area (Å²) in [6, 6.07) is 7.74. The maximum absolute atomic E-state index is 5.98. The fraction of sp³-hybridized carbons (Fsp3) is 0.0769. The summed E-state index contributed by atoms with van der Waals surface area (Å²) in [5.74, 6) is 0.792. The number of imidazole rings is 1. The molecule has 3 nitrogen and oxygen atoms in total. The van der Waals surface area contributed by atoms with Crippen molar-refractivity contribution in [2.45, 2.75) is 6.92 Å². The molecule has 0 radical (unpaired) electrons. The Kier molecular flexibility index (Phi) is 2.84. The van der Waals surface area contributed by atoms with Crippen LogP contribution in [0.15, 0.2) is 34.9 Å². The summed E-state index contributed by atoms with van der Waals surface area (Å²) >= 11 is 9.39. The normalized spacial score (nSPS) is 11.1. The van der Waals surface area contributed by atoms with E-state index in [0.717, 1.165) is 32.6 Å². The van der Waals surface area contributed by atoms with Crippen molar-refractivity contribution in [2.24, 2.45) is 0 Å². The van der Waals surface area contributed by atoms with Crippen LogP contribution in [0.5, 0.6) is 0 Å². The molecule has 1 aromatic carbocycles. The standard InChI is InChI=1S/C13H9BrClN3/c1-7-4-11-13(16-6-7)18-12(17-11)8-2-3-10(15)9(14)5-8/h2-6H,1H3,(H,16,17,18). The lowest BCUT2D eigenvalue weighted by Gasteiger charge is -1.99. The fourth-order valence-corrected chi connectivity index (χ4v) is 2.28. The van der Waals surface area contributed by atoms with E-state index in [1.807, 2.05) is 37.4 Å². The number of halogens is 2. The summed E-state index contributed by atoms with van der Waals surface area (Å²) in [7, 11) is 0. The summed E-state index contributed by atoms with van der Waals surface area (Å²) in [5, 5.41) is 0.684. The lowest BCUT2D eigenvalue weighted by atomic mass is 10.2. The van der Waals surface area contributed by atoms with Gasteiger partial charge in [0.05, 0.1) is 10.5 Å². The van der Waals surface area contributed by atoms with Gasteiger partial charge in [0.1, 0.15) is 5.82 Å². The summed E-state index contributed by atoms with van der Waals surface area (Å²) in [5.41, 5.74) is 3.75. The second-order valence-corrected chi connectivity index (χ2v) is 5.36. The summed E-state index contributed by atoms with van der Waals surface area (Å²) < 4.78 is 0.853. The number of hydrogen-bond acceptors (Lipinski definition) is 2. The smallest absolute Gasteiger partial charge is 0.178 e. The van der Waals surface area contributed by atoms with Gasteiger partial charge < -0.3 is 4.98 Å². The largest absolute Gasteiger partial charge is 0.337 e. The summed E-state index contributed by atoms with van der Waals surface area (Å²) in [4.78, 5) is 12.0. The van der Waals surface area contributed by atoms with Crippen molar-refractivity contribution < 1.29 is 0 Å². The minimum Gasteiger partial charge on any atom is -0.337 e. The van der Waals surface area contributed by atoms with Gasteiger partial charge in [0.25, 0.3) is 0 Å². The van der Waals surface area contributed by atoms with Gasteiger partial charge >= 0.3 is 0 Å². The molecule has 90 valence electrons. The average Bonchev–Trinajstić information content (AvgIpc) is 2.75. The average molecular weight is 323 g/mol. The molecule has 18 heavy (non-hydrogen) atoms. The van der Waals surface area contributed by atoms with Crippen molar-refractivity contribution in [3.63, 3.8) is 0 Å². The summed E-state index contributed by atoms with van der Waals surface area (Å²) in [6.07, 6.45) is 1.81. The molecule has 1 N–H and O–H groups in total. The van der Waals surface area contributed by atoms with E-state index in [1.54, 1.807) is 0 Å². The maximum Gasteiger partial charge on any atom is 0.178 e. The van der Waals surface area contributed by atoms with Gasteiger partial charge in [-0.1, -0.05) is 11.6 Å². The molecule has 0 amide bonds. The topological polar surface area (TPSA) is 41.6 Å². The van der Waals surface area contributed by atoms with Crippen LogP contribution in [-0.2, 0) is 0 Å². The molecule has 0 bridgehead atoms. The second kappa shape index (κ2) is 4.37. The van der Waals surface area contributed by atoms with Crippen LogP contribution in [0.1, 0.15) is 5.56 Å². The van der Waals surface area contributed by atoms with Crippen LogP contribution in [0.3, 0.4) is 0 Å². The molecule has 0 fully saturated rings. The van der Waals surface area contributed by atoms with Crippen LogP contribution in [0, 0.1) is 6.92 Å². The van der Waals surface area contributed by atoms with E-state index >= 15 is 0 Å². The number of fused-ring (bicyclic) bond motifs is 1. The zero-order valence-electron chi connectivity index (χ0n) is 9.54. The number of aryl methyl sites for hydroxylation is 1. The molecule has 5 heteroatoms. The highest BCUT2D eigenvalue weighted by Gasteiger charge is 2.07. The van der Waals surface area contributed by atoms with Crippen LogP contribution in [0.2, 0.25) is 5.02 Å². The Balaban J connectivity index is 2.16. The van der Waals surface area contributed by atoms with E-state index in [0.29, 0.717) is 5.02 Å². The van der Waals surface area contributed by atoms with Crippen molar-refractivity contribution in [1.82, 2.24) is 15.0 Å². The van der Waals surface area contributed by atoms with Crippen molar-refractivity contribution in [1.29, 1.82) is 0 Å². The van der Waals surface area contributed by atoms with Crippen LogP contribution in [0.25, 0.3) is 22.6 Å². The Hall–Kier alpha value is -1.39. The Morgan fingerprint density at radius 2 is 2.11 bits per heavy atom. The fourth-order valence-electron chi connectivity index (χ4n) is 1.78. The molecule has 3 aromatic rings. The molecule has 0 aliphatic rings. The second-order valence-electron chi connectivity index (χ2n) is 4.10. The third-order valence-corrected chi connectivity index (χ3v) is 3.88. The van der Waals surface area contributed by atoms with Gasteiger partial charge in [-0.05, 0) is 52.7 Å². The van der Waals surface area contributed by atoms with Crippen LogP contribution < -0.4 is 0 Å². The maximum atomic E-state index is 5.98. The Morgan fingerprint density at radius 1 is 1.28 bits per heavy atom. The molecule has 0 aliphatic heterocycles. The molecule has 0 atom stereocenters. The number of aromatic amines is 1. The van der Waals surface area contributed by atoms with Crippen LogP contribution >= 0.6 is 27.5 Å². The monoisotopic (exact) mass is 321 g/mol. The first-order valence-electron chi connectivity index (χ1n) is 5.41. The SMILES string of the molecule is Cc1cnc2nc(-c3ccc(Cl)c(Br)c3)[nH]c2c1. The Bertz CT molecular complexity index is 736. The predicted molar refractivity (Wildman–Crippen MR) is 76.8 cm³/mol. The molecule has 2 aromatic heterocycles. The molecule has 2 heterocycles. The van der Waals surface area contributed by atoms with Gasteiger partial charge in [-0.3, -0.25) is 0 Å². The number of H-pyrrole nitrogens is 1. The van der Waals surface area contributed by atoms with Gasteiger partial charge in [-0.15, -0.1) is 0 Å². The molecule has 0 unspecified atom stereocenters.